The summed E-state index contributed by atoms with van der Waals surface area (Å²) in [5.41, 5.74) is 7.07. The van der Waals surface area contributed by atoms with Crippen molar-refractivity contribution in [2.45, 2.75) is 6.10 Å². The maximum Gasteiger partial charge on any atom is 0.253 e. The van der Waals surface area contributed by atoms with Crippen LogP contribution >= 0.6 is 24.8 Å². The number of rotatable bonds is 5. The molecule has 1 atom stereocenters. The molecule has 6 nitrogen and oxygen atoms in total. The molecule has 21 heavy (non-hydrogen) atoms. The van der Waals surface area contributed by atoms with Gasteiger partial charge in [0.1, 0.15) is 6.61 Å². The summed E-state index contributed by atoms with van der Waals surface area (Å²) in [5, 5.41) is 12.4. The maximum atomic E-state index is 11.7. The summed E-state index contributed by atoms with van der Waals surface area (Å²) in [5.74, 6) is -0.0227. The van der Waals surface area contributed by atoms with Gasteiger partial charge in [0, 0.05) is 31.0 Å². The van der Waals surface area contributed by atoms with Crippen LogP contribution < -0.4 is 16.0 Å². The molecule has 2 rings (SSSR count). The number of ether oxygens (including phenoxy) is 1. The Hall–Kier alpha value is -1.05. The molecule has 120 valence electrons. The molecule has 1 unspecified atom stereocenters. The third-order valence-corrected chi connectivity index (χ3v) is 2.98. The number of amides is 1. The fourth-order valence-electron chi connectivity index (χ4n) is 1.87. The second-order valence-corrected chi connectivity index (χ2v) is 4.42. The minimum atomic E-state index is -0.555. The second kappa shape index (κ2) is 9.81. The average Bonchev–Trinajstić information content (AvgIpc) is 2.46. The van der Waals surface area contributed by atoms with Crippen LogP contribution in [0.15, 0.2) is 24.3 Å². The van der Waals surface area contributed by atoms with E-state index in [0.29, 0.717) is 19.7 Å². The van der Waals surface area contributed by atoms with Gasteiger partial charge in [-0.25, -0.2) is 0 Å². The summed E-state index contributed by atoms with van der Waals surface area (Å²) in [4.78, 5) is 13.4. The van der Waals surface area contributed by atoms with E-state index >= 15 is 0 Å². The van der Waals surface area contributed by atoms with E-state index in [0.717, 1.165) is 11.4 Å². The number of nitrogens with zero attached hydrogens (tertiary/aromatic N) is 1. The van der Waals surface area contributed by atoms with Gasteiger partial charge in [-0.05, 0) is 24.3 Å². The highest BCUT2D eigenvalue weighted by molar-refractivity contribution is 5.95. The first-order chi connectivity index (χ1) is 9.20. The first-order valence-electron chi connectivity index (χ1n) is 6.31. The van der Waals surface area contributed by atoms with Crippen LogP contribution in [0.5, 0.6) is 0 Å². The molecule has 0 aromatic heterocycles. The lowest BCUT2D eigenvalue weighted by atomic mass is 10.2. The van der Waals surface area contributed by atoms with Crippen LogP contribution in [0.3, 0.4) is 0 Å². The van der Waals surface area contributed by atoms with Crippen molar-refractivity contribution in [3.8, 4) is 0 Å². The van der Waals surface area contributed by atoms with Crippen LogP contribution in [0.4, 0.5) is 11.4 Å². The molecule has 1 aliphatic heterocycles. The van der Waals surface area contributed by atoms with E-state index in [1.807, 2.05) is 24.3 Å². The van der Waals surface area contributed by atoms with Gasteiger partial charge >= 0.3 is 0 Å². The minimum absolute atomic E-state index is 0. The lowest BCUT2D eigenvalue weighted by Crippen LogP contribution is -2.41. The zero-order valence-corrected chi connectivity index (χ0v) is 13.2. The van der Waals surface area contributed by atoms with Crippen molar-refractivity contribution >= 4 is 42.1 Å². The zero-order valence-electron chi connectivity index (χ0n) is 11.5. The van der Waals surface area contributed by atoms with Crippen LogP contribution in [0, 0.1) is 0 Å². The minimum Gasteiger partial charge on any atom is -0.390 e. The molecule has 0 spiro atoms. The van der Waals surface area contributed by atoms with Crippen LogP contribution in [-0.2, 0) is 9.53 Å². The predicted octanol–water partition coefficient (Wildman–Crippen LogP) is 0.625. The van der Waals surface area contributed by atoms with Gasteiger partial charge in [0.2, 0.25) is 0 Å². The Morgan fingerprint density at radius 2 is 2.00 bits per heavy atom. The van der Waals surface area contributed by atoms with E-state index in [1.165, 1.54) is 0 Å². The quantitative estimate of drug-likeness (QED) is 0.733. The summed E-state index contributed by atoms with van der Waals surface area (Å²) in [6.07, 6.45) is -0.555. The molecular formula is C13H21Cl2N3O3. The highest BCUT2D eigenvalue weighted by Gasteiger charge is 2.19. The molecule has 0 radical (unpaired) electrons. The third kappa shape index (κ3) is 5.68. The summed E-state index contributed by atoms with van der Waals surface area (Å²) < 4.78 is 5.09. The number of anilines is 2. The highest BCUT2D eigenvalue weighted by atomic mass is 35.5. The Balaban J connectivity index is 0.00000200. The highest BCUT2D eigenvalue weighted by Crippen LogP contribution is 2.19. The van der Waals surface area contributed by atoms with Crippen molar-refractivity contribution in [2.75, 3.05) is 43.1 Å². The predicted molar refractivity (Wildman–Crippen MR) is 87.7 cm³/mol. The number of aliphatic hydroxyl groups excluding tert-OH is 1. The Labute approximate surface area is 136 Å². The molecule has 0 aliphatic carbocycles. The monoisotopic (exact) mass is 337 g/mol. The summed E-state index contributed by atoms with van der Waals surface area (Å²) in [6, 6.07) is 7.50. The summed E-state index contributed by atoms with van der Waals surface area (Å²) >= 11 is 0. The van der Waals surface area contributed by atoms with Gasteiger partial charge in [-0.15, -0.1) is 24.8 Å². The molecule has 4 N–H and O–H groups in total. The van der Waals surface area contributed by atoms with Crippen molar-refractivity contribution in [1.29, 1.82) is 0 Å². The van der Waals surface area contributed by atoms with Gasteiger partial charge in [0.25, 0.3) is 5.91 Å². The Kier molecular flexibility index (Phi) is 9.32. The van der Waals surface area contributed by atoms with Crippen molar-refractivity contribution in [3.05, 3.63) is 24.3 Å². The van der Waals surface area contributed by atoms with E-state index in [4.69, 9.17) is 10.5 Å². The fraction of sp³-hybridized carbons (Fsp3) is 0.462. The zero-order chi connectivity index (χ0) is 13.7. The van der Waals surface area contributed by atoms with Gasteiger partial charge in [0.15, 0.2) is 0 Å². The lowest BCUT2D eigenvalue weighted by Gasteiger charge is -2.27. The van der Waals surface area contributed by atoms with E-state index in [2.05, 4.69) is 5.32 Å². The average molecular weight is 338 g/mol. The van der Waals surface area contributed by atoms with E-state index in [-0.39, 0.29) is 43.9 Å². The Morgan fingerprint density at radius 3 is 2.57 bits per heavy atom. The summed E-state index contributed by atoms with van der Waals surface area (Å²) in [6.45, 7) is 1.92. The van der Waals surface area contributed by atoms with Gasteiger partial charge < -0.3 is 25.8 Å². The first kappa shape index (κ1) is 19.9. The number of nitrogens with two attached hydrogens (primary N) is 1. The molecule has 8 heteroatoms. The van der Waals surface area contributed by atoms with Crippen LogP contribution in [0.2, 0.25) is 0 Å². The van der Waals surface area contributed by atoms with Gasteiger partial charge in [-0.2, -0.15) is 0 Å². The van der Waals surface area contributed by atoms with Crippen molar-refractivity contribution in [3.63, 3.8) is 0 Å². The standard InChI is InChI=1S/C13H19N3O3.2ClH/c14-7-12(17)8-15-10-1-3-11(4-2-10)16-5-6-19-9-13(16)18;;/h1-4,12,15,17H,5-9,14H2;2*1H. The number of nitrogens with one attached hydrogen (secondary N) is 1. The van der Waals surface area contributed by atoms with Gasteiger partial charge in [-0.3, -0.25) is 4.79 Å². The molecule has 1 aromatic carbocycles. The number of morpholine rings is 1. The van der Waals surface area contributed by atoms with E-state index < -0.39 is 6.10 Å². The molecule has 1 saturated heterocycles. The van der Waals surface area contributed by atoms with Crippen molar-refractivity contribution in [1.82, 2.24) is 0 Å². The van der Waals surface area contributed by atoms with Crippen molar-refractivity contribution in [2.24, 2.45) is 5.73 Å². The fourth-order valence-corrected chi connectivity index (χ4v) is 1.87. The molecule has 1 fully saturated rings. The smallest absolute Gasteiger partial charge is 0.253 e. The topological polar surface area (TPSA) is 87.8 Å². The molecule has 0 saturated carbocycles. The van der Waals surface area contributed by atoms with Crippen LogP contribution in [0.1, 0.15) is 0 Å². The van der Waals surface area contributed by atoms with Crippen LogP contribution in [0.25, 0.3) is 0 Å². The lowest BCUT2D eigenvalue weighted by molar-refractivity contribution is -0.125. The van der Waals surface area contributed by atoms with Gasteiger partial charge in [0.05, 0.1) is 12.7 Å². The number of carbonyl (C=O) groups is 1. The number of carbonyl (C=O) groups excluding carboxylic acids is 1. The van der Waals surface area contributed by atoms with E-state index in [9.17, 15) is 9.90 Å². The second-order valence-electron chi connectivity index (χ2n) is 4.42. The SMILES string of the molecule is Cl.Cl.NCC(O)CNc1ccc(N2CCOCC2=O)cc1. The Morgan fingerprint density at radius 1 is 1.33 bits per heavy atom. The molecule has 1 amide bonds. The molecule has 0 bridgehead atoms. The number of halogens is 2. The number of aliphatic hydroxyl groups is 1. The van der Waals surface area contributed by atoms with Crippen LogP contribution in [-0.4, -0.2) is 50.0 Å². The molecule has 1 aliphatic rings. The summed E-state index contributed by atoms with van der Waals surface area (Å²) in [7, 11) is 0. The molecule has 1 aromatic rings. The third-order valence-electron chi connectivity index (χ3n) is 2.98. The largest absolute Gasteiger partial charge is 0.390 e. The molecule has 1 heterocycles. The maximum absolute atomic E-state index is 11.7. The molecular weight excluding hydrogens is 317 g/mol. The normalized spacial score (nSPS) is 15.7. The Bertz CT molecular complexity index is 431. The van der Waals surface area contributed by atoms with Crippen molar-refractivity contribution < 1.29 is 14.6 Å². The number of hydrogen-bond donors (Lipinski definition) is 3. The van der Waals surface area contributed by atoms with E-state index in [1.54, 1.807) is 4.90 Å². The first-order valence-corrected chi connectivity index (χ1v) is 6.31. The van der Waals surface area contributed by atoms with Gasteiger partial charge in [-0.1, -0.05) is 0 Å². The number of hydrogen-bond acceptors (Lipinski definition) is 5. The number of benzene rings is 1.